The number of thiophene rings is 1. The number of halogens is 1. The van der Waals surface area contributed by atoms with Crippen LogP contribution in [0.5, 0.6) is 0 Å². The molecule has 0 aliphatic carbocycles. The van der Waals surface area contributed by atoms with Gasteiger partial charge >= 0.3 is 0 Å². The highest BCUT2D eigenvalue weighted by atomic mass is 32.1. The van der Waals surface area contributed by atoms with Crippen LogP contribution in [0.2, 0.25) is 0 Å². The highest BCUT2D eigenvalue weighted by molar-refractivity contribution is 7.17. The molecule has 1 aliphatic heterocycles. The Labute approximate surface area is 211 Å². The van der Waals surface area contributed by atoms with Crippen molar-refractivity contribution in [2.45, 2.75) is 26.3 Å². The molecule has 9 heteroatoms. The SMILES string of the molecule is Cc1ccc(-n2cc3c(N4CCC[C@@H](C(=O)NCc5ccc6sccc6c5)C4)ncnc3n2)cc1F. The van der Waals surface area contributed by atoms with Crippen molar-refractivity contribution in [2.75, 3.05) is 18.0 Å². The Kier molecular flexibility index (Phi) is 5.85. The van der Waals surface area contributed by atoms with E-state index in [4.69, 9.17) is 0 Å². The molecular formula is C27H25FN6OS. The predicted octanol–water partition coefficient (Wildman–Crippen LogP) is 5.01. The van der Waals surface area contributed by atoms with E-state index in [2.05, 4.69) is 54.9 Å². The third-order valence-electron chi connectivity index (χ3n) is 6.79. The van der Waals surface area contributed by atoms with Crippen molar-refractivity contribution in [3.8, 4) is 5.69 Å². The molecule has 36 heavy (non-hydrogen) atoms. The molecule has 182 valence electrons. The van der Waals surface area contributed by atoms with Gasteiger partial charge in [-0.1, -0.05) is 12.1 Å². The maximum Gasteiger partial charge on any atom is 0.225 e. The quantitative estimate of drug-likeness (QED) is 0.367. The van der Waals surface area contributed by atoms with Gasteiger partial charge in [-0.3, -0.25) is 4.79 Å². The van der Waals surface area contributed by atoms with Crippen LogP contribution in [-0.4, -0.2) is 38.7 Å². The summed E-state index contributed by atoms with van der Waals surface area (Å²) in [4.78, 5) is 24.0. The monoisotopic (exact) mass is 500 g/mol. The average Bonchev–Trinajstić information content (AvgIpc) is 3.55. The molecule has 1 aliphatic rings. The Morgan fingerprint density at radius 3 is 3.00 bits per heavy atom. The lowest BCUT2D eigenvalue weighted by atomic mass is 9.97. The minimum absolute atomic E-state index is 0.0567. The largest absolute Gasteiger partial charge is 0.355 e. The molecule has 1 fully saturated rings. The first-order valence-electron chi connectivity index (χ1n) is 12.0. The number of aromatic nitrogens is 4. The second kappa shape index (κ2) is 9.31. The first-order chi connectivity index (χ1) is 17.5. The van der Waals surface area contributed by atoms with Crippen molar-refractivity contribution in [3.63, 3.8) is 0 Å². The van der Waals surface area contributed by atoms with Crippen LogP contribution in [0.3, 0.4) is 0 Å². The van der Waals surface area contributed by atoms with E-state index in [1.165, 1.54) is 22.5 Å². The minimum Gasteiger partial charge on any atom is -0.355 e. The zero-order valence-electron chi connectivity index (χ0n) is 19.8. The summed E-state index contributed by atoms with van der Waals surface area (Å²) in [7, 11) is 0. The molecule has 3 aromatic heterocycles. The molecule has 0 spiro atoms. The summed E-state index contributed by atoms with van der Waals surface area (Å²) in [6.07, 6.45) is 5.05. The van der Waals surface area contributed by atoms with Gasteiger partial charge in [-0.05, 0) is 72.0 Å². The number of aryl methyl sites for hydroxylation is 1. The van der Waals surface area contributed by atoms with Crippen LogP contribution >= 0.6 is 11.3 Å². The van der Waals surface area contributed by atoms with Crippen molar-refractivity contribution >= 4 is 44.2 Å². The van der Waals surface area contributed by atoms with Gasteiger partial charge in [0, 0.05) is 30.5 Å². The highest BCUT2D eigenvalue weighted by Gasteiger charge is 2.28. The summed E-state index contributed by atoms with van der Waals surface area (Å²) in [5, 5.41) is 11.7. The van der Waals surface area contributed by atoms with E-state index in [0.717, 1.165) is 36.2 Å². The average molecular weight is 501 g/mol. The van der Waals surface area contributed by atoms with E-state index in [1.54, 1.807) is 29.0 Å². The number of nitrogens with one attached hydrogen (secondary N) is 1. The van der Waals surface area contributed by atoms with Crippen LogP contribution in [0.1, 0.15) is 24.0 Å². The number of anilines is 1. The molecule has 5 aromatic rings. The number of piperidine rings is 1. The predicted molar refractivity (Wildman–Crippen MR) is 140 cm³/mol. The molecule has 2 aromatic carbocycles. The van der Waals surface area contributed by atoms with Crippen LogP contribution in [-0.2, 0) is 11.3 Å². The van der Waals surface area contributed by atoms with E-state index in [1.807, 2.05) is 12.3 Å². The van der Waals surface area contributed by atoms with Gasteiger partial charge in [0.2, 0.25) is 5.91 Å². The van der Waals surface area contributed by atoms with Crippen LogP contribution in [0.25, 0.3) is 26.8 Å². The van der Waals surface area contributed by atoms with E-state index in [0.29, 0.717) is 30.0 Å². The summed E-state index contributed by atoms with van der Waals surface area (Å²) in [5.74, 6) is 0.397. The fourth-order valence-corrected chi connectivity index (χ4v) is 5.55. The van der Waals surface area contributed by atoms with Crippen molar-refractivity contribution < 1.29 is 9.18 Å². The van der Waals surface area contributed by atoms with E-state index < -0.39 is 0 Å². The van der Waals surface area contributed by atoms with Gasteiger partial charge in [0.25, 0.3) is 0 Å². The number of carbonyl (C=O) groups excluding carboxylic acids is 1. The fourth-order valence-electron chi connectivity index (χ4n) is 4.78. The van der Waals surface area contributed by atoms with Gasteiger partial charge in [0.05, 0.1) is 17.0 Å². The first kappa shape index (κ1) is 22.6. The van der Waals surface area contributed by atoms with Gasteiger partial charge in [0.15, 0.2) is 5.65 Å². The number of hydrogen-bond acceptors (Lipinski definition) is 6. The number of amides is 1. The Bertz CT molecular complexity index is 1580. The molecule has 0 saturated carbocycles. The fraction of sp³-hybridized carbons (Fsp3) is 0.259. The van der Waals surface area contributed by atoms with E-state index >= 15 is 0 Å². The van der Waals surface area contributed by atoms with Crippen molar-refractivity contribution in [3.05, 3.63) is 77.3 Å². The molecular weight excluding hydrogens is 475 g/mol. The lowest BCUT2D eigenvalue weighted by Crippen LogP contribution is -2.43. The van der Waals surface area contributed by atoms with Crippen LogP contribution in [0.15, 0.2) is 60.4 Å². The smallest absolute Gasteiger partial charge is 0.225 e. The summed E-state index contributed by atoms with van der Waals surface area (Å²) in [6.45, 7) is 3.62. The second-order valence-electron chi connectivity index (χ2n) is 9.24. The van der Waals surface area contributed by atoms with Gasteiger partial charge in [-0.2, -0.15) is 0 Å². The molecule has 1 amide bonds. The molecule has 4 heterocycles. The lowest BCUT2D eigenvalue weighted by Gasteiger charge is -2.33. The summed E-state index contributed by atoms with van der Waals surface area (Å²) >= 11 is 1.72. The number of benzene rings is 2. The van der Waals surface area contributed by atoms with Gasteiger partial charge < -0.3 is 10.2 Å². The first-order valence-corrected chi connectivity index (χ1v) is 12.9. The topological polar surface area (TPSA) is 75.9 Å². The Hall–Kier alpha value is -3.85. The third-order valence-corrected chi connectivity index (χ3v) is 7.69. The maximum atomic E-state index is 14.1. The summed E-state index contributed by atoms with van der Waals surface area (Å²) < 4.78 is 17.0. The maximum absolute atomic E-state index is 14.1. The van der Waals surface area contributed by atoms with Crippen LogP contribution in [0.4, 0.5) is 10.2 Å². The molecule has 7 nitrogen and oxygen atoms in total. The molecule has 0 bridgehead atoms. The number of hydrogen-bond donors (Lipinski definition) is 1. The molecule has 6 rings (SSSR count). The molecule has 1 saturated heterocycles. The summed E-state index contributed by atoms with van der Waals surface area (Å²) in [5.41, 5.74) is 2.84. The van der Waals surface area contributed by atoms with Gasteiger partial charge in [0.1, 0.15) is 18.0 Å². The van der Waals surface area contributed by atoms with Gasteiger partial charge in [-0.15, -0.1) is 16.4 Å². The van der Waals surface area contributed by atoms with Crippen molar-refractivity contribution in [1.29, 1.82) is 0 Å². The summed E-state index contributed by atoms with van der Waals surface area (Å²) in [6, 6.07) is 13.4. The number of fused-ring (bicyclic) bond motifs is 2. The third kappa shape index (κ3) is 4.30. The Balaban J connectivity index is 1.19. The van der Waals surface area contributed by atoms with Crippen LogP contribution in [0, 0.1) is 18.7 Å². The normalized spacial score (nSPS) is 16.1. The van der Waals surface area contributed by atoms with Crippen LogP contribution < -0.4 is 10.2 Å². The lowest BCUT2D eigenvalue weighted by molar-refractivity contribution is -0.125. The molecule has 1 atom stereocenters. The molecule has 1 N–H and O–H groups in total. The molecule has 0 radical (unpaired) electrons. The zero-order valence-corrected chi connectivity index (χ0v) is 20.6. The standard InChI is InChI=1S/C27H25FN6OS/c1-17-4-6-21(12-23(17)28)34-15-22-25(32-34)30-16-31-26(22)33-9-2-3-20(14-33)27(35)29-13-18-5-7-24-19(11-18)8-10-36-24/h4-8,10-12,15-16,20H,2-3,9,13-14H2,1H3,(H,29,35)/t20-/m1/s1. The number of rotatable bonds is 5. The zero-order chi connectivity index (χ0) is 24.6. The van der Waals surface area contributed by atoms with E-state index in [9.17, 15) is 9.18 Å². The number of nitrogens with zero attached hydrogens (tertiary/aromatic N) is 5. The second-order valence-corrected chi connectivity index (χ2v) is 10.2. The van der Waals surface area contributed by atoms with Crippen molar-refractivity contribution in [1.82, 2.24) is 25.1 Å². The minimum atomic E-state index is -0.279. The number of carbonyl (C=O) groups is 1. The van der Waals surface area contributed by atoms with E-state index in [-0.39, 0.29) is 17.6 Å². The molecule has 0 unspecified atom stereocenters. The van der Waals surface area contributed by atoms with Gasteiger partial charge in [-0.25, -0.2) is 19.0 Å². The highest BCUT2D eigenvalue weighted by Crippen LogP contribution is 2.28. The Morgan fingerprint density at radius 1 is 1.19 bits per heavy atom. The van der Waals surface area contributed by atoms with Crippen molar-refractivity contribution in [2.24, 2.45) is 5.92 Å². The Morgan fingerprint density at radius 2 is 2.11 bits per heavy atom.